The van der Waals surface area contributed by atoms with Crippen LogP contribution in [0.2, 0.25) is 10.0 Å². The highest BCUT2D eigenvalue weighted by Crippen LogP contribution is 2.49. The average molecular weight is 1370 g/mol. The van der Waals surface area contributed by atoms with Crippen LogP contribution in [0.4, 0.5) is 0 Å². The number of ether oxygens (including phenoxy) is 3. The maximum atomic E-state index is 16.0. The van der Waals surface area contributed by atoms with Gasteiger partial charge in [0.1, 0.15) is 88.6 Å². The number of fused-ring (bicyclic) bond motifs is 14. The number of hydrogen-bond acceptors (Lipinski definition) is 19. The van der Waals surface area contributed by atoms with E-state index in [1.807, 2.05) is 0 Å². The zero-order valence-electron chi connectivity index (χ0n) is 52.1. The predicted molar refractivity (Wildman–Crippen MR) is 351 cm³/mol. The third kappa shape index (κ3) is 14.5. The van der Waals surface area contributed by atoms with E-state index in [2.05, 4.69) is 49.5 Å². The topological polar surface area (TPSA) is 411 Å². The number of aromatic hydroxyl groups is 6. The van der Waals surface area contributed by atoms with Crippen LogP contribution in [0.25, 0.3) is 11.1 Å². The molecule has 8 atom stereocenters. The van der Waals surface area contributed by atoms with Gasteiger partial charge in [0.2, 0.25) is 47.1 Å². The molecule has 6 heterocycles. The molecule has 0 fully saturated rings. The SMILES string of the molecule is CCCCCCCCCNCc1c(O)cc2c(c1O)-c1cc(ccc1O)[C@@H]1NC(=O)[C@H]3NC(=O)[C@H]4NC(=O)[C@H](Cc5ccc(c(Cl)c5)Oc5cc3cc(c5O)Oc3ccc(cc3Cl)C(O)[C@H](NC1=O)C(=O)N[C@@H]2C(=O)NC)NC(=O)[C@@H](N)c1ccc(O)c(c1)Oc1cc(O)cc4c1. The summed E-state index contributed by atoms with van der Waals surface area (Å²) < 4.78 is 18.6. The van der Waals surface area contributed by atoms with Gasteiger partial charge in [-0.3, -0.25) is 33.6 Å². The van der Waals surface area contributed by atoms with Gasteiger partial charge in [-0.25, -0.2) is 0 Å². The zero-order chi connectivity index (χ0) is 69.1. The summed E-state index contributed by atoms with van der Waals surface area (Å²) in [5.74, 6) is -13.3. The fourth-order valence-corrected chi connectivity index (χ4v) is 12.5. The van der Waals surface area contributed by atoms with E-state index in [0.29, 0.717) is 12.1 Å². The highest BCUT2D eigenvalue weighted by molar-refractivity contribution is 6.32. The van der Waals surface area contributed by atoms with E-state index in [0.717, 1.165) is 81.3 Å². The normalized spacial score (nSPS) is 20.8. The van der Waals surface area contributed by atoms with E-state index in [4.69, 9.17) is 43.1 Å². The number of nitrogens with one attached hydrogen (secondary N) is 8. The van der Waals surface area contributed by atoms with Crippen LogP contribution in [0.3, 0.4) is 0 Å². The van der Waals surface area contributed by atoms with E-state index in [1.165, 1.54) is 79.8 Å². The average Bonchev–Trinajstić information content (AvgIpc) is 0.759. The quantitative estimate of drug-likeness (QED) is 0.0558. The Kier molecular flexibility index (Phi) is 20.2. The Hall–Kier alpha value is -10.5. The number of nitrogens with two attached hydrogens (primary N) is 1. The molecule has 0 aliphatic carbocycles. The van der Waals surface area contributed by atoms with Crippen LogP contribution in [0, 0.1) is 0 Å². The molecule has 6 aliphatic rings. The van der Waals surface area contributed by atoms with Crippen LogP contribution < -0.4 is 62.5 Å². The van der Waals surface area contributed by atoms with Crippen molar-refractivity contribution in [2.45, 2.75) is 113 Å². The molecule has 506 valence electrons. The van der Waals surface area contributed by atoms with Crippen LogP contribution in [0.15, 0.2) is 109 Å². The number of hydrogen-bond donors (Lipinski definition) is 16. The Morgan fingerprint density at radius 2 is 1.14 bits per heavy atom. The van der Waals surface area contributed by atoms with Crippen molar-refractivity contribution in [2.75, 3.05) is 13.6 Å². The smallest absolute Gasteiger partial charge is 0.248 e. The molecule has 17 bridgehead atoms. The van der Waals surface area contributed by atoms with Gasteiger partial charge in [-0.15, -0.1) is 0 Å². The summed E-state index contributed by atoms with van der Waals surface area (Å²) in [6.45, 7) is 2.45. The van der Waals surface area contributed by atoms with Gasteiger partial charge in [-0.05, 0) is 131 Å². The minimum absolute atomic E-state index is 0.0921. The number of phenols is 6. The molecule has 7 amide bonds. The molecule has 26 nitrogen and oxygen atoms in total. The number of halogens is 2. The fourth-order valence-electron chi connectivity index (χ4n) is 12.0. The Balaban J connectivity index is 1.10. The first-order chi connectivity index (χ1) is 46.5. The summed E-state index contributed by atoms with van der Waals surface area (Å²) >= 11 is 13.9. The number of likely N-dealkylation sites (N-methyl/N-ethyl adjacent to an activating group) is 1. The molecular formula is C69H69Cl2N9O17. The lowest BCUT2D eigenvalue weighted by Gasteiger charge is -2.31. The largest absolute Gasteiger partial charge is 0.508 e. The fraction of sp³-hybridized carbons (Fsp3) is 0.290. The van der Waals surface area contributed by atoms with Crippen molar-refractivity contribution in [3.05, 3.63) is 164 Å². The number of unbranched alkanes of at least 4 members (excludes halogenated alkanes) is 6. The molecule has 13 rings (SSSR count). The molecule has 0 saturated heterocycles. The van der Waals surface area contributed by atoms with Gasteiger partial charge >= 0.3 is 0 Å². The second-order valence-electron chi connectivity index (χ2n) is 23.9. The van der Waals surface area contributed by atoms with Crippen molar-refractivity contribution >= 4 is 64.6 Å². The van der Waals surface area contributed by atoms with Gasteiger partial charge in [0.25, 0.3) is 0 Å². The molecule has 0 radical (unpaired) electrons. The van der Waals surface area contributed by atoms with Gasteiger partial charge in [0.15, 0.2) is 23.0 Å². The van der Waals surface area contributed by atoms with Crippen molar-refractivity contribution in [2.24, 2.45) is 5.73 Å². The van der Waals surface area contributed by atoms with Gasteiger partial charge in [-0.1, -0.05) is 92.9 Å². The number of amides is 7. The van der Waals surface area contributed by atoms with Gasteiger partial charge in [-0.2, -0.15) is 0 Å². The Bertz CT molecular complexity index is 4310. The van der Waals surface area contributed by atoms with Gasteiger partial charge < -0.3 is 98.2 Å². The second kappa shape index (κ2) is 28.8. The first-order valence-electron chi connectivity index (χ1n) is 31.2. The summed E-state index contributed by atoms with van der Waals surface area (Å²) in [6.07, 6.45) is 4.65. The van der Waals surface area contributed by atoms with Crippen molar-refractivity contribution in [1.29, 1.82) is 0 Å². The summed E-state index contributed by atoms with van der Waals surface area (Å²) in [5, 5.41) is 104. The first-order valence-corrected chi connectivity index (χ1v) is 32.0. The third-order valence-electron chi connectivity index (χ3n) is 17.2. The number of aliphatic hydroxyl groups excluding tert-OH is 1. The predicted octanol–water partition coefficient (Wildman–Crippen LogP) is 7.49. The van der Waals surface area contributed by atoms with Crippen molar-refractivity contribution < 1.29 is 83.5 Å². The highest BCUT2D eigenvalue weighted by Gasteiger charge is 2.42. The summed E-state index contributed by atoms with van der Waals surface area (Å²) in [6, 6.07) is 8.70. The lowest BCUT2D eigenvalue weighted by Crippen LogP contribution is -2.55. The Labute approximate surface area is 564 Å². The number of phenolic OH excluding ortho intramolecular Hbond substituents is 6. The van der Waals surface area contributed by atoms with E-state index < -0.39 is 136 Å². The standard InChI is InChI=1S/C69H69Cl2N9O17/c1-3-4-5-6-7-8-9-18-74-30-41-47(84)29-40-53(61(41)86)39-23-33(12-14-45(39)82)55-66(91)80-59(69(94)79-58(40)65(90)73-2)60(85)34-13-17-49(43(71)24-34)97-52-27-36-26-51(62(52)87)96-48-16-10-31(19-42(48)70)20-44-63(88)76-56(67(92)78-57(36)68(93)77-55)35-21-37(81)28-38(22-35)95-50-25-32(11-15-46(50)83)54(72)64(89)75-44/h10-17,19,21-29,44,54-60,74,81-87H,3-9,18,20,30,72H2,1-2H3,(H,73,90)(H,75,89)(H,76,88)(H,77,93)(H,78,92)(H,79,94)(H,80,91)/t44-,54-,55-,56-,57-,58-,59-,60?/m0/s1. The number of rotatable bonds is 11. The third-order valence-corrected chi connectivity index (χ3v) is 17.8. The molecule has 1 unspecified atom stereocenters. The Morgan fingerprint density at radius 3 is 1.82 bits per heavy atom. The molecule has 0 aromatic heterocycles. The van der Waals surface area contributed by atoms with Crippen LogP contribution in [0.5, 0.6) is 69.0 Å². The number of carbonyl (C=O) groups is 7. The lowest BCUT2D eigenvalue weighted by molar-refractivity contribution is -0.137. The van der Waals surface area contributed by atoms with E-state index in [-0.39, 0.29) is 96.1 Å². The molecule has 0 saturated carbocycles. The molecule has 17 N–H and O–H groups in total. The lowest BCUT2D eigenvalue weighted by atomic mass is 9.87. The molecule has 7 aromatic rings. The molecule has 97 heavy (non-hydrogen) atoms. The summed E-state index contributed by atoms with van der Waals surface area (Å²) in [5.41, 5.74) is 5.03. The molecule has 7 aromatic carbocycles. The zero-order valence-corrected chi connectivity index (χ0v) is 53.6. The van der Waals surface area contributed by atoms with Crippen LogP contribution in [-0.2, 0) is 46.5 Å². The highest BCUT2D eigenvalue weighted by atomic mass is 35.5. The number of benzene rings is 7. The maximum absolute atomic E-state index is 16.0. The molecular weight excluding hydrogens is 1300 g/mol. The number of aliphatic hydroxyl groups is 1. The minimum atomic E-state index is -2.16. The monoisotopic (exact) mass is 1370 g/mol. The maximum Gasteiger partial charge on any atom is 0.248 e. The second-order valence-corrected chi connectivity index (χ2v) is 24.7. The van der Waals surface area contributed by atoms with Crippen LogP contribution in [0.1, 0.15) is 133 Å². The van der Waals surface area contributed by atoms with Crippen molar-refractivity contribution in [3.8, 4) is 80.1 Å². The first kappa shape index (κ1) is 67.9. The molecule has 28 heteroatoms. The van der Waals surface area contributed by atoms with E-state index >= 15 is 24.0 Å². The summed E-state index contributed by atoms with van der Waals surface area (Å²) in [4.78, 5) is 106. The summed E-state index contributed by atoms with van der Waals surface area (Å²) in [7, 11) is 1.24. The van der Waals surface area contributed by atoms with Crippen molar-refractivity contribution in [3.63, 3.8) is 0 Å². The molecule has 0 spiro atoms. The minimum Gasteiger partial charge on any atom is -0.508 e. The molecule has 6 aliphatic heterocycles. The van der Waals surface area contributed by atoms with Crippen LogP contribution in [-0.4, -0.2) is 103 Å². The van der Waals surface area contributed by atoms with Crippen LogP contribution >= 0.6 is 23.2 Å². The van der Waals surface area contributed by atoms with Gasteiger partial charge in [0.05, 0.1) is 15.6 Å². The van der Waals surface area contributed by atoms with E-state index in [1.54, 1.807) is 0 Å². The van der Waals surface area contributed by atoms with Gasteiger partial charge in [0, 0.05) is 37.2 Å². The Morgan fingerprint density at radius 1 is 0.546 bits per heavy atom. The van der Waals surface area contributed by atoms with Crippen molar-refractivity contribution in [1.82, 2.24) is 42.5 Å². The number of carbonyl (C=O) groups excluding carboxylic acids is 7. The van der Waals surface area contributed by atoms with E-state index in [9.17, 15) is 45.3 Å².